The normalized spacial score (nSPS) is 18.2. The fourth-order valence-electron chi connectivity index (χ4n) is 3.31. The van der Waals surface area contributed by atoms with Crippen LogP contribution in [0.1, 0.15) is 16.1 Å². The third-order valence-corrected chi connectivity index (χ3v) is 4.51. The van der Waals surface area contributed by atoms with Crippen LogP contribution in [0, 0.1) is 5.92 Å². The molecule has 1 aromatic carbocycles. The van der Waals surface area contributed by atoms with Gasteiger partial charge in [0.25, 0.3) is 5.91 Å². The molecule has 1 aliphatic rings. The first-order valence-electron chi connectivity index (χ1n) is 8.41. The largest absolute Gasteiger partial charge is 0.464 e. The Morgan fingerprint density at radius 1 is 1.24 bits per heavy atom. The molecule has 1 atom stereocenters. The summed E-state index contributed by atoms with van der Waals surface area (Å²) < 4.78 is 11.2. The number of benzene rings is 1. The molecule has 0 radical (unpaired) electrons. The van der Waals surface area contributed by atoms with Gasteiger partial charge in [0, 0.05) is 30.6 Å². The maximum atomic E-state index is 12.7. The summed E-state index contributed by atoms with van der Waals surface area (Å²) in [6.07, 6.45) is 4.11. The van der Waals surface area contributed by atoms with Crippen LogP contribution in [-0.2, 0) is 11.2 Å². The number of rotatable bonds is 3. The van der Waals surface area contributed by atoms with E-state index in [9.17, 15) is 4.79 Å². The number of carbonyl (C=O) groups excluding carboxylic acids is 1. The zero-order valence-corrected chi connectivity index (χ0v) is 13.8. The van der Waals surface area contributed by atoms with E-state index in [1.165, 1.54) is 5.56 Å². The summed E-state index contributed by atoms with van der Waals surface area (Å²) in [5, 5.41) is 8.86. The van der Waals surface area contributed by atoms with E-state index in [0.29, 0.717) is 32.0 Å². The number of aromatic nitrogens is 2. The maximum Gasteiger partial charge on any atom is 0.274 e. The fraction of sp³-hybridized carbons (Fsp3) is 0.316. The van der Waals surface area contributed by atoms with Gasteiger partial charge in [-0.1, -0.05) is 12.1 Å². The molecule has 25 heavy (non-hydrogen) atoms. The Bertz CT molecular complexity index is 862. The van der Waals surface area contributed by atoms with Crippen LogP contribution < -0.4 is 0 Å². The second-order valence-electron chi connectivity index (χ2n) is 6.25. The molecule has 128 valence electrons. The highest BCUT2D eigenvalue weighted by Gasteiger charge is 2.25. The van der Waals surface area contributed by atoms with Crippen molar-refractivity contribution in [1.29, 1.82) is 0 Å². The van der Waals surface area contributed by atoms with Crippen molar-refractivity contribution in [2.75, 3.05) is 26.3 Å². The second-order valence-corrected chi connectivity index (χ2v) is 6.25. The van der Waals surface area contributed by atoms with E-state index in [1.54, 1.807) is 24.6 Å². The molecule has 0 spiro atoms. The molecule has 6 heteroatoms. The highest BCUT2D eigenvalue weighted by atomic mass is 16.5. The number of nitrogens with zero attached hydrogens (tertiary/aromatic N) is 3. The van der Waals surface area contributed by atoms with Gasteiger partial charge >= 0.3 is 0 Å². The standard InChI is InChI=1S/C19H19N3O3/c23-19(17-4-2-7-20-21-17)22-8-10-24-13-14(12-22)11-15-3-1-5-18-16(15)6-9-25-18/h1-7,9,14H,8,10-13H2. The molecular weight excluding hydrogens is 318 g/mol. The molecule has 1 unspecified atom stereocenters. The zero-order chi connectivity index (χ0) is 17.1. The topological polar surface area (TPSA) is 68.5 Å². The van der Waals surface area contributed by atoms with Gasteiger partial charge in [-0.05, 0) is 36.2 Å². The monoisotopic (exact) mass is 337 g/mol. The minimum absolute atomic E-state index is 0.0925. The molecular formula is C19H19N3O3. The van der Waals surface area contributed by atoms with Crippen LogP contribution in [-0.4, -0.2) is 47.3 Å². The van der Waals surface area contributed by atoms with Gasteiger partial charge in [0.15, 0.2) is 5.69 Å². The summed E-state index contributed by atoms with van der Waals surface area (Å²) in [4.78, 5) is 14.5. The van der Waals surface area contributed by atoms with E-state index < -0.39 is 0 Å². The number of hydrogen-bond acceptors (Lipinski definition) is 5. The number of fused-ring (bicyclic) bond motifs is 1. The van der Waals surface area contributed by atoms with Crippen LogP contribution in [0.3, 0.4) is 0 Å². The number of ether oxygens (including phenoxy) is 1. The lowest BCUT2D eigenvalue weighted by atomic mass is 9.97. The molecule has 6 nitrogen and oxygen atoms in total. The summed E-state index contributed by atoms with van der Waals surface area (Å²) in [5.74, 6) is 0.133. The Balaban J connectivity index is 1.52. The van der Waals surface area contributed by atoms with Gasteiger partial charge in [-0.3, -0.25) is 4.79 Å². The van der Waals surface area contributed by atoms with E-state index in [2.05, 4.69) is 16.3 Å². The van der Waals surface area contributed by atoms with E-state index in [1.807, 2.05) is 23.1 Å². The van der Waals surface area contributed by atoms with Crippen LogP contribution in [0.15, 0.2) is 53.3 Å². The van der Waals surface area contributed by atoms with Gasteiger partial charge < -0.3 is 14.1 Å². The summed E-state index contributed by atoms with van der Waals surface area (Å²) in [5.41, 5.74) is 2.48. The lowest BCUT2D eigenvalue weighted by molar-refractivity contribution is 0.0730. The molecule has 3 aromatic rings. The van der Waals surface area contributed by atoms with Crippen molar-refractivity contribution in [1.82, 2.24) is 15.1 Å². The van der Waals surface area contributed by atoms with Gasteiger partial charge in [-0.2, -0.15) is 5.10 Å². The van der Waals surface area contributed by atoms with Crippen molar-refractivity contribution in [3.05, 3.63) is 60.1 Å². The SMILES string of the molecule is O=C(c1cccnn1)N1CCOCC(Cc2cccc3occc23)C1. The van der Waals surface area contributed by atoms with Gasteiger partial charge in [-0.15, -0.1) is 5.10 Å². The highest BCUT2D eigenvalue weighted by Crippen LogP contribution is 2.24. The Labute approximate surface area is 145 Å². The Morgan fingerprint density at radius 3 is 3.08 bits per heavy atom. The molecule has 1 fully saturated rings. The average molecular weight is 337 g/mol. The van der Waals surface area contributed by atoms with Crippen molar-refractivity contribution in [3.8, 4) is 0 Å². The third kappa shape index (κ3) is 3.39. The molecule has 0 bridgehead atoms. The molecule has 1 amide bonds. The Kier molecular flexibility index (Phi) is 4.43. The molecule has 1 aliphatic heterocycles. The van der Waals surface area contributed by atoms with Crippen molar-refractivity contribution < 1.29 is 13.9 Å². The smallest absolute Gasteiger partial charge is 0.274 e. The highest BCUT2D eigenvalue weighted by molar-refractivity contribution is 5.92. The third-order valence-electron chi connectivity index (χ3n) is 4.51. The second kappa shape index (κ2) is 7.03. The molecule has 0 aliphatic carbocycles. The first-order valence-corrected chi connectivity index (χ1v) is 8.41. The number of amides is 1. The fourth-order valence-corrected chi connectivity index (χ4v) is 3.31. The quantitative estimate of drug-likeness (QED) is 0.735. The van der Waals surface area contributed by atoms with Crippen LogP contribution in [0.4, 0.5) is 0 Å². The van der Waals surface area contributed by atoms with E-state index in [0.717, 1.165) is 17.4 Å². The van der Waals surface area contributed by atoms with Gasteiger partial charge in [-0.25, -0.2) is 0 Å². The minimum Gasteiger partial charge on any atom is -0.464 e. The lowest BCUT2D eigenvalue weighted by Crippen LogP contribution is -2.37. The van der Waals surface area contributed by atoms with E-state index in [-0.39, 0.29) is 11.8 Å². The predicted octanol–water partition coefficient (Wildman–Crippen LogP) is 2.55. The molecule has 2 aromatic heterocycles. The van der Waals surface area contributed by atoms with Crippen LogP contribution >= 0.6 is 0 Å². The molecule has 0 N–H and O–H groups in total. The number of hydrogen-bond donors (Lipinski definition) is 0. The van der Waals surface area contributed by atoms with Crippen LogP contribution in [0.25, 0.3) is 11.0 Å². The van der Waals surface area contributed by atoms with E-state index in [4.69, 9.17) is 9.15 Å². The first-order chi connectivity index (χ1) is 12.3. The van der Waals surface area contributed by atoms with Gasteiger partial charge in [0.05, 0.1) is 19.5 Å². The van der Waals surface area contributed by atoms with Crippen LogP contribution in [0.2, 0.25) is 0 Å². The number of carbonyl (C=O) groups is 1. The van der Waals surface area contributed by atoms with Gasteiger partial charge in [0.2, 0.25) is 0 Å². The maximum absolute atomic E-state index is 12.7. The van der Waals surface area contributed by atoms with Crippen molar-refractivity contribution in [3.63, 3.8) is 0 Å². The molecule has 4 rings (SSSR count). The van der Waals surface area contributed by atoms with Crippen molar-refractivity contribution >= 4 is 16.9 Å². The molecule has 1 saturated heterocycles. The molecule has 3 heterocycles. The minimum atomic E-state index is -0.0925. The van der Waals surface area contributed by atoms with E-state index >= 15 is 0 Å². The first kappa shape index (κ1) is 15.8. The number of furan rings is 1. The van der Waals surface area contributed by atoms with Crippen molar-refractivity contribution in [2.45, 2.75) is 6.42 Å². The lowest BCUT2D eigenvalue weighted by Gasteiger charge is -2.23. The van der Waals surface area contributed by atoms with Crippen LogP contribution in [0.5, 0.6) is 0 Å². The Morgan fingerprint density at radius 2 is 2.20 bits per heavy atom. The summed E-state index contributed by atoms with van der Waals surface area (Å²) in [6.45, 7) is 2.39. The zero-order valence-electron chi connectivity index (χ0n) is 13.8. The molecule has 0 saturated carbocycles. The summed E-state index contributed by atoms with van der Waals surface area (Å²) >= 11 is 0. The predicted molar refractivity (Wildman–Crippen MR) is 92.2 cm³/mol. The summed E-state index contributed by atoms with van der Waals surface area (Å²) in [7, 11) is 0. The Hall–Kier alpha value is -2.73. The average Bonchev–Trinajstić information content (AvgIpc) is 3.02. The summed E-state index contributed by atoms with van der Waals surface area (Å²) in [6, 6.07) is 11.5. The van der Waals surface area contributed by atoms with Crippen molar-refractivity contribution in [2.24, 2.45) is 5.92 Å². The van der Waals surface area contributed by atoms with Gasteiger partial charge in [0.1, 0.15) is 5.58 Å².